The first kappa shape index (κ1) is 22.6. The van der Waals surface area contributed by atoms with Gasteiger partial charge in [0.25, 0.3) is 5.91 Å². The molecule has 1 aliphatic rings. The first-order valence-electron chi connectivity index (χ1n) is 11.1. The summed E-state index contributed by atoms with van der Waals surface area (Å²) < 4.78 is 26.2. The fourth-order valence-corrected chi connectivity index (χ4v) is 4.58. The average molecular weight is 458 g/mol. The molecule has 4 rings (SSSR count). The van der Waals surface area contributed by atoms with E-state index in [0.717, 1.165) is 30.6 Å². The largest absolute Gasteiger partial charge is 0.494 e. The van der Waals surface area contributed by atoms with Crippen molar-refractivity contribution in [3.63, 3.8) is 0 Å². The lowest BCUT2D eigenvalue weighted by atomic mass is 10.2. The Morgan fingerprint density at radius 2 is 2.06 bits per heavy atom. The van der Waals surface area contributed by atoms with Crippen LogP contribution in [0.4, 0.5) is 9.52 Å². The van der Waals surface area contributed by atoms with Crippen LogP contribution in [0.3, 0.4) is 0 Å². The number of carbonyl (C=O) groups is 1. The van der Waals surface area contributed by atoms with E-state index in [0.29, 0.717) is 54.9 Å². The highest BCUT2D eigenvalue weighted by atomic mass is 32.1. The summed E-state index contributed by atoms with van der Waals surface area (Å²) in [5.41, 5.74) is 0.828. The Kier molecular flexibility index (Phi) is 7.68. The minimum atomic E-state index is -0.378. The summed E-state index contributed by atoms with van der Waals surface area (Å²) in [4.78, 5) is 22.0. The highest BCUT2D eigenvalue weighted by Gasteiger charge is 2.24. The third kappa shape index (κ3) is 5.43. The number of thiazole rings is 1. The van der Waals surface area contributed by atoms with Gasteiger partial charge < -0.3 is 9.47 Å². The molecule has 32 heavy (non-hydrogen) atoms. The zero-order chi connectivity index (χ0) is 22.3. The van der Waals surface area contributed by atoms with Crippen molar-refractivity contribution in [3.8, 4) is 5.75 Å². The fourth-order valence-electron chi connectivity index (χ4n) is 3.58. The molecule has 3 aromatic rings. The third-order valence-electron chi connectivity index (χ3n) is 5.43. The number of morpholine rings is 1. The van der Waals surface area contributed by atoms with Gasteiger partial charge in [-0.05, 0) is 36.8 Å². The molecule has 2 aromatic carbocycles. The number of rotatable bonds is 9. The molecule has 1 fully saturated rings. The number of nitrogens with zero attached hydrogens (tertiary/aromatic N) is 3. The van der Waals surface area contributed by atoms with E-state index in [9.17, 15) is 9.18 Å². The molecular weight excluding hydrogens is 429 g/mol. The minimum Gasteiger partial charge on any atom is -0.494 e. The standard InChI is InChI=1S/C24H28FN3O3S/c1-2-3-14-31-19-7-4-6-18(17-19)23(29)28(11-10-27-12-15-30-16-13-27)24-26-22-20(25)8-5-9-21(22)32-24/h4-9,17H,2-3,10-16H2,1H3. The van der Waals surface area contributed by atoms with Gasteiger partial charge in [-0.1, -0.05) is 36.8 Å². The van der Waals surface area contributed by atoms with E-state index >= 15 is 0 Å². The number of hydrogen-bond acceptors (Lipinski definition) is 6. The number of amides is 1. The van der Waals surface area contributed by atoms with Crippen molar-refractivity contribution in [2.75, 3.05) is 50.9 Å². The highest BCUT2D eigenvalue weighted by molar-refractivity contribution is 7.22. The highest BCUT2D eigenvalue weighted by Crippen LogP contribution is 2.31. The summed E-state index contributed by atoms with van der Waals surface area (Å²) in [5.74, 6) is 0.128. The Balaban J connectivity index is 1.59. The molecule has 0 atom stereocenters. The van der Waals surface area contributed by atoms with Gasteiger partial charge in [0, 0.05) is 31.7 Å². The molecule has 1 aromatic heterocycles. The Labute approximate surface area is 191 Å². The lowest BCUT2D eigenvalue weighted by Crippen LogP contribution is -2.43. The van der Waals surface area contributed by atoms with E-state index < -0.39 is 0 Å². The van der Waals surface area contributed by atoms with Crippen molar-refractivity contribution in [1.82, 2.24) is 9.88 Å². The quantitative estimate of drug-likeness (QED) is 0.440. The number of aromatic nitrogens is 1. The molecule has 0 radical (unpaired) electrons. The number of anilines is 1. The normalized spacial score (nSPS) is 14.6. The van der Waals surface area contributed by atoms with Gasteiger partial charge in [0.1, 0.15) is 17.1 Å². The fraction of sp³-hybridized carbons (Fsp3) is 0.417. The van der Waals surface area contributed by atoms with Gasteiger partial charge in [-0.3, -0.25) is 14.6 Å². The number of para-hydroxylation sites is 1. The molecule has 1 amide bonds. The molecule has 8 heteroatoms. The Bertz CT molecular complexity index is 1050. The topological polar surface area (TPSA) is 54.9 Å². The van der Waals surface area contributed by atoms with E-state index in [1.807, 2.05) is 18.2 Å². The zero-order valence-corrected chi connectivity index (χ0v) is 19.1. The molecule has 0 spiro atoms. The van der Waals surface area contributed by atoms with E-state index in [-0.39, 0.29) is 11.7 Å². The maximum absolute atomic E-state index is 14.3. The van der Waals surface area contributed by atoms with Crippen LogP contribution in [0.1, 0.15) is 30.1 Å². The van der Waals surface area contributed by atoms with Gasteiger partial charge in [0.15, 0.2) is 5.13 Å². The van der Waals surface area contributed by atoms with E-state index in [4.69, 9.17) is 9.47 Å². The van der Waals surface area contributed by atoms with Crippen LogP contribution in [0.25, 0.3) is 10.2 Å². The van der Waals surface area contributed by atoms with Crippen LogP contribution in [-0.2, 0) is 4.74 Å². The van der Waals surface area contributed by atoms with Crippen molar-refractivity contribution in [3.05, 3.63) is 53.8 Å². The second kappa shape index (κ2) is 10.8. The van der Waals surface area contributed by atoms with Gasteiger partial charge in [0.05, 0.1) is 24.5 Å². The smallest absolute Gasteiger partial charge is 0.260 e. The number of unbranched alkanes of at least 4 members (excludes halogenated alkanes) is 1. The van der Waals surface area contributed by atoms with E-state index in [1.165, 1.54) is 17.4 Å². The molecule has 0 bridgehead atoms. The second-order valence-electron chi connectivity index (χ2n) is 7.72. The predicted molar refractivity (Wildman–Crippen MR) is 125 cm³/mol. The predicted octanol–water partition coefficient (Wildman–Crippen LogP) is 4.59. The Morgan fingerprint density at radius 3 is 2.84 bits per heavy atom. The molecule has 2 heterocycles. The zero-order valence-electron chi connectivity index (χ0n) is 18.3. The van der Waals surface area contributed by atoms with Gasteiger partial charge in [-0.25, -0.2) is 9.37 Å². The van der Waals surface area contributed by atoms with Crippen molar-refractivity contribution in [2.24, 2.45) is 0 Å². The monoisotopic (exact) mass is 457 g/mol. The molecule has 0 N–H and O–H groups in total. The number of halogens is 1. The van der Waals surface area contributed by atoms with Crippen LogP contribution in [-0.4, -0.2) is 61.8 Å². The average Bonchev–Trinajstić information content (AvgIpc) is 3.26. The number of carbonyl (C=O) groups excluding carboxylic acids is 1. The van der Waals surface area contributed by atoms with Crippen LogP contribution in [0.5, 0.6) is 5.75 Å². The van der Waals surface area contributed by atoms with E-state index in [1.54, 1.807) is 23.1 Å². The number of benzene rings is 2. The van der Waals surface area contributed by atoms with Crippen LogP contribution < -0.4 is 9.64 Å². The molecule has 0 aliphatic carbocycles. The molecular formula is C24H28FN3O3S. The molecule has 1 aliphatic heterocycles. The number of fused-ring (bicyclic) bond motifs is 1. The summed E-state index contributed by atoms with van der Waals surface area (Å²) in [6, 6.07) is 12.1. The summed E-state index contributed by atoms with van der Waals surface area (Å²) in [6.45, 7) is 6.92. The minimum absolute atomic E-state index is 0.168. The van der Waals surface area contributed by atoms with Crippen LogP contribution in [0.15, 0.2) is 42.5 Å². The summed E-state index contributed by atoms with van der Waals surface area (Å²) >= 11 is 1.33. The summed E-state index contributed by atoms with van der Waals surface area (Å²) in [5, 5.41) is 0.501. The van der Waals surface area contributed by atoms with Gasteiger partial charge in [0.2, 0.25) is 0 Å². The van der Waals surface area contributed by atoms with Gasteiger partial charge in [-0.15, -0.1) is 0 Å². The number of ether oxygens (including phenoxy) is 2. The molecule has 0 saturated carbocycles. The molecule has 170 valence electrons. The SMILES string of the molecule is CCCCOc1cccc(C(=O)N(CCN2CCOCC2)c2nc3c(F)cccc3s2)c1. The third-order valence-corrected chi connectivity index (χ3v) is 6.47. The maximum atomic E-state index is 14.3. The first-order chi connectivity index (χ1) is 15.7. The Hall–Kier alpha value is -2.55. The molecule has 6 nitrogen and oxygen atoms in total. The van der Waals surface area contributed by atoms with Crippen molar-refractivity contribution < 1.29 is 18.7 Å². The number of hydrogen-bond donors (Lipinski definition) is 0. The summed E-state index contributed by atoms with van der Waals surface area (Å²) in [7, 11) is 0. The van der Waals surface area contributed by atoms with E-state index in [2.05, 4.69) is 16.8 Å². The first-order valence-corrected chi connectivity index (χ1v) is 11.9. The second-order valence-corrected chi connectivity index (χ2v) is 8.73. The Morgan fingerprint density at radius 1 is 1.25 bits per heavy atom. The molecule has 0 unspecified atom stereocenters. The van der Waals surface area contributed by atoms with Gasteiger partial charge >= 0.3 is 0 Å². The molecule has 1 saturated heterocycles. The summed E-state index contributed by atoms with van der Waals surface area (Å²) in [6.07, 6.45) is 2.00. The van der Waals surface area contributed by atoms with Crippen LogP contribution in [0.2, 0.25) is 0 Å². The van der Waals surface area contributed by atoms with Crippen molar-refractivity contribution in [1.29, 1.82) is 0 Å². The lowest BCUT2D eigenvalue weighted by molar-refractivity contribution is 0.0391. The lowest BCUT2D eigenvalue weighted by Gasteiger charge is -2.29. The van der Waals surface area contributed by atoms with Crippen LogP contribution in [0, 0.1) is 5.82 Å². The van der Waals surface area contributed by atoms with Crippen LogP contribution >= 0.6 is 11.3 Å². The maximum Gasteiger partial charge on any atom is 0.260 e. The van der Waals surface area contributed by atoms with Gasteiger partial charge in [-0.2, -0.15) is 0 Å². The van der Waals surface area contributed by atoms with Crippen molar-refractivity contribution in [2.45, 2.75) is 19.8 Å². The van der Waals surface area contributed by atoms with Crippen molar-refractivity contribution >= 4 is 32.6 Å².